The topological polar surface area (TPSA) is 85.6 Å². The number of halogens is 1. The third-order valence-electron chi connectivity index (χ3n) is 6.56. The van der Waals surface area contributed by atoms with Crippen molar-refractivity contribution in [1.82, 2.24) is 10.2 Å². The SMILES string of the molecule is Cl.N#C[C@@H](N[C@@H](CO)c1ccccc1)C1CC2CCC(C1)N2C(=O)OCc1ccccc1. The summed E-state index contributed by atoms with van der Waals surface area (Å²) < 4.78 is 5.58. The van der Waals surface area contributed by atoms with E-state index in [9.17, 15) is 15.2 Å². The summed E-state index contributed by atoms with van der Waals surface area (Å²) in [5, 5.41) is 23.1. The van der Waals surface area contributed by atoms with Crippen LogP contribution in [0.25, 0.3) is 0 Å². The first-order valence-corrected chi connectivity index (χ1v) is 11.0. The molecule has 7 heteroatoms. The predicted octanol–water partition coefficient (Wildman–Crippen LogP) is 4.20. The van der Waals surface area contributed by atoms with E-state index in [-0.39, 0.29) is 61.8 Å². The van der Waals surface area contributed by atoms with Gasteiger partial charge in [0.15, 0.2) is 0 Å². The predicted molar refractivity (Wildman–Crippen MR) is 124 cm³/mol. The van der Waals surface area contributed by atoms with E-state index in [1.165, 1.54) is 0 Å². The molecule has 0 aliphatic carbocycles. The zero-order valence-electron chi connectivity index (χ0n) is 18.0. The zero-order chi connectivity index (χ0) is 21.6. The van der Waals surface area contributed by atoms with Gasteiger partial charge in [0, 0.05) is 12.1 Å². The molecule has 2 saturated heterocycles. The molecule has 2 aromatic carbocycles. The van der Waals surface area contributed by atoms with Gasteiger partial charge in [-0.2, -0.15) is 5.26 Å². The first-order valence-electron chi connectivity index (χ1n) is 11.0. The lowest BCUT2D eigenvalue weighted by atomic mass is 9.85. The Kier molecular flexibility index (Phi) is 8.52. The van der Waals surface area contributed by atoms with Crippen molar-refractivity contribution in [3.63, 3.8) is 0 Å². The second kappa shape index (κ2) is 11.3. The summed E-state index contributed by atoms with van der Waals surface area (Å²) >= 11 is 0. The van der Waals surface area contributed by atoms with Gasteiger partial charge in [0.25, 0.3) is 0 Å². The van der Waals surface area contributed by atoms with Crippen LogP contribution in [0.4, 0.5) is 4.79 Å². The standard InChI is InChI=1S/C25H29N3O3.ClH/c26-15-23(27-24(16-29)19-9-5-2-6-10-19)20-13-21-11-12-22(14-20)28(21)25(30)31-17-18-7-3-1-4-8-18;/h1-10,20-24,27,29H,11-14,16-17H2;1H/t20?,21?,22?,23-,24+;/m1./s1. The summed E-state index contributed by atoms with van der Waals surface area (Å²) in [4.78, 5) is 14.7. The number of carbonyl (C=O) groups is 1. The van der Waals surface area contributed by atoms with E-state index in [4.69, 9.17) is 4.74 Å². The molecule has 2 unspecified atom stereocenters. The molecule has 4 rings (SSSR count). The Morgan fingerprint density at radius 3 is 2.25 bits per heavy atom. The number of hydrogen-bond acceptors (Lipinski definition) is 5. The minimum absolute atomic E-state index is 0. The molecule has 2 aliphatic heterocycles. The number of amides is 1. The largest absolute Gasteiger partial charge is 0.445 e. The van der Waals surface area contributed by atoms with Gasteiger partial charge in [-0.25, -0.2) is 4.79 Å². The number of piperidine rings is 1. The van der Waals surface area contributed by atoms with Gasteiger partial charge in [-0.15, -0.1) is 12.4 Å². The van der Waals surface area contributed by atoms with Crippen molar-refractivity contribution >= 4 is 18.5 Å². The highest BCUT2D eigenvalue weighted by molar-refractivity contribution is 5.85. The first kappa shape index (κ1) is 24.1. The molecular weight excluding hydrogens is 426 g/mol. The maximum absolute atomic E-state index is 12.8. The van der Waals surface area contributed by atoms with Gasteiger partial charge in [0.05, 0.1) is 24.8 Å². The maximum atomic E-state index is 12.8. The first-order chi connectivity index (χ1) is 15.2. The van der Waals surface area contributed by atoms with Gasteiger partial charge in [-0.1, -0.05) is 60.7 Å². The molecule has 2 aliphatic rings. The third kappa shape index (κ3) is 5.42. The quantitative estimate of drug-likeness (QED) is 0.653. The van der Waals surface area contributed by atoms with Gasteiger partial charge in [-0.3, -0.25) is 5.32 Å². The number of ether oxygens (including phenoxy) is 1. The molecule has 2 fully saturated rings. The Labute approximate surface area is 195 Å². The molecule has 2 N–H and O–H groups in total. The Morgan fingerprint density at radius 1 is 1.09 bits per heavy atom. The average Bonchev–Trinajstić information content (AvgIpc) is 3.09. The van der Waals surface area contributed by atoms with Crippen molar-refractivity contribution in [2.75, 3.05) is 6.61 Å². The number of nitrogens with one attached hydrogen (secondary N) is 1. The normalized spacial score (nSPS) is 23.5. The maximum Gasteiger partial charge on any atom is 0.410 e. The number of hydrogen-bond donors (Lipinski definition) is 2. The summed E-state index contributed by atoms with van der Waals surface area (Å²) in [7, 11) is 0. The Bertz CT molecular complexity index is 892. The van der Waals surface area contributed by atoms with Crippen LogP contribution in [0.5, 0.6) is 0 Å². The molecule has 2 heterocycles. The van der Waals surface area contributed by atoms with Crippen molar-refractivity contribution in [3.05, 3.63) is 71.8 Å². The molecule has 2 bridgehead atoms. The molecule has 1 amide bonds. The van der Waals surface area contributed by atoms with Gasteiger partial charge >= 0.3 is 6.09 Å². The lowest BCUT2D eigenvalue weighted by Gasteiger charge is -2.40. The minimum Gasteiger partial charge on any atom is -0.445 e. The second-order valence-electron chi connectivity index (χ2n) is 8.48. The van der Waals surface area contributed by atoms with E-state index in [1.54, 1.807) is 0 Å². The molecule has 0 radical (unpaired) electrons. The highest BCUT2D eigenvalue weighted by atomic mass is 35.5. The van der Waals surface area contributed by atoms with Crippen LogP contribution in [0.1, 0.15) is 42.9 Å². The minimum atomic E-state index is -0.372. The fourth-order valence-corrected chi connectivity index (χ4v) is 5.02. The van der Waals surface area contributed by atoms with E-state index in [2.05, 4.69) is 11.4 Å². The fourth-order valence-electron chi connectivity index (χ4n) is 5.02. The van der Waals surface area contributed by atoms with Crippen LogP contribution in [0, 0.1) is 17.2 Å². The summed E-state index contributed by atoms with van der Waals surface area (Å²) in [6, 6.07) is 21.4. The van der Waals surface area contributed by atoms with E-state index < -0.39 is 0 Å². The summed E-state index contributed by atoms with van der Waals surface area (Å²) in [6.07, 6.45) is 3.18. The highest BCUT2D eigenvalue weighted by Crippen LogP contribution is 2.40. The summed E-state index contributed by atoms with van der Waals surface area (Å²) in [6.45, 7) is 0.205. The third-order valence-corrected chi connectivity index (χ3v) is 6.56. The van der Waals surface area contributed by atoms with Crippen molar-refractivity contribution in [2.45, 2.75) is 56.5 Å². The van der Waals surface area contributed by atoms with E-state index in [0.29, 0.717) is 0 Å². The second-order valence-corrected chi connectivity index (χ2v) is 8.48. The van der Waals surface area contributed by atoms with Crippen LogP contribution in [0.2, 0.25) is 0 Å². The molecule has 170 valence electrons. The van der Waals surface area contributed by atoms with Crippen molar-refractivity contribution in [3.8, 4) is 6.07 Å². The molecule has 6 nitrogen and oxygen atoms in total. The monoisotopic (exact) mass is 455 g/mol. The number of nitriles is 1. The Morgan fingerprint density at radius 2 is 1.69 bits per heavy atom. The number of rotatable bonds is 7. The van der Waals surface area contributed by atoms with Gasteiger partial charge in [0.1, 0.15) is 6.61 Å². The van der Waals surface area contributed by atoms with Crippen LogP contribution >= 0.6 is 12.4 Å². The Balaban J connectivity index is 0.00000289. The van der Waals surface area contributed by atoms with E-state index >= 15 is 0 Å². The molecule has 0 saturated carbocycles. The number of carbonyl (C=O) groups excluding carboxylic acids is 1. The number of benzene rings is 2. The smallest absolute Gasteiger partial charge is 0.410 e. The number of aliphatic hydroxyl groups is 1. The number of aliphatic hydroxyl groups excluding tert-OH is 1. The van der Waals surface area contributed by atoms with E-state index in [1.807, 2.05) is 65.6 Å². The van der Waals surface area contributed by atoms with Crippen molar-refractivity contribution < 1.29 is 14.6 Å². The molecule has 4 atom stereocenters. The highest BCUT2D eigenvalue weighted by Gasteiger charge is 2.46. The van der Waals surface area contributed by atoms with Crippen LogP contribution in [0.15, 0.2) is 60.7 Å². The van der Waals surface area contributed by atoms with Crippen molar-refractivity contribution in [1.29, 1.82) is 5.26 Å². The molecule has 2 aromatic rings. The fraction of sp³-hybridized carbons (Fsp3) is 0.440. The van der Waals surface area contributed by atoms with Gasteiger partial charge < -0.3 is 14.7 Å². The summed E-state index contributed by atoms with van der Waals surface area (Å²) in [5.41, 5.74) is 1.94. The lowest BCUT2D eigenvalue weighted by Crippen LogP contribution is -2.51. The number of fused-ring (bicyclic) bond motifs is 2. The molecule has 0 aromatic heterocycles. The molecular formula is C25H30ClN3O3. The van der Waals surface area contributed by atoms with E-state index in [0.717, 1.165) is 36.8 Å². The zero-order valence-corrected chi connectivity index (χ0v) is 18.8. The lowest BCUT2D eigenvalue weighted by molar-refractivity contribution is 0.0489. The van der Waals surface area contributed by atoms with Crippen molar-refractivity contribution in [2.24, 2.45) is 5.92 Å². The van der Waals surface area contributed by atoms with Crippen LogP contribution in [0.3, 0.4) is 0 Å². The van der Waals surface area contributed by atoms with Crippen LogP contribution in [-0.2, 0) is 11.3 Å². The Hall–Kier alpha value is -2.59. The number of nitrogens with zero attached hydrogens (tertiary/aromatic N) is 2. The van der Waals surface area contributed by atoms with Crippen LogP contribution in [-0.4, -0.2) is 40.8 Å². The summed E-state index contributed by atoms with van der Waals surface area (Å²) in [5.74, 6) is 0.137. The van der Waals surface area contributed by atoms with Gasteiger partial charge in [-0.05, 0) is 42.7 Å². The average molecular weight is 456 g/mol. The van der Waals surface area contributed by atoms with Crippen LogP contribution < -0.4 is 5.32 Å². The molecule has 0 spiro atoms. The molecule has 32 heavy (non-hydrogen) atoms. The van der Waals surface area contributed by atoms with Gasteiger partial charge in [0.2, 0.25) is 0 Å².